The summed E-state index contributed by atoms with van der Waals surface area (Å²) in [4.78, 5) is 11.0. The van der Waals surface area contributed by atoms with Crippen molar-refractivity contribution < 1.29 is 9.90 Å². The van der Waals surface area contributed by atoms with Crippen molar-refractivity contribution in [2.75, 3.05) is 0 Å². The topological polar surface area (TPSA) is 37.3 Å². The van der Waals surface area contributed by atoms with Crippen molar-refractivity contribution in [3.8, 4) is 0 Å². The molecule has 1 N–H and O–H groups in total. The van der Waals surface area contributed by atoms with Gasteiger partial charge in [-0.25, -0.2) is 0 Å². The number of hydrogen-bond donors (Lipinski definition) is 1. The zero-order chi connectivity index (χ0) is 10.2. The Labute approximate surface area is 85.7 Å². The van der Waals surface area contributed by atoms with E-state index in [1.807, 2.05) is 0 Å². The second-order valence-electron chi connectivity index (χ2n) is 5.42. The SMILES string of the molecule is CC1CCC(CC2(C(=O)O)CC2)CC1. The Morgan fingerprint density at radius 3 is 2.29 bits per heavy atom. The maximum absolute atomic E-state index is 11.0. The van der Waals surface area contributed by atoms with Crippen LogP contribution in [0.5, 0.6) is 0 Å². The van der Waals surface area contributed by atoms with Crippen LogP contribution >= 0.6 is 0 Å². The van der Waals surface area contributed by atoms with E-state index in [1.54, 1.807) is 0 Å². The first-order valence-electron chi connectivity index (χ1n) is 5.86. The van der Waals surface area contributed by atoms with Crippen LogP contribution in [0.4, 0.5) is 0 Å². The van der Waals surface area contributed by atoms with Crippen LogP contribution in [-0.4, -0.2) is 11.1 Å². The van der Waals surface area contributed by atoms with Gasteiger partial charge in [0.1, 0.15) is 0 Å². The Morgan fingerprint density at radius 2 is 1.86 bits per heavy atom. The highest BCUT2D eigenvalue weighted by molar-refractivity contribution is 5.77. The van der Waals surface area contributed by atoms with Crippen molar-refractivity contribution in [1.29, 1.82) is 0 Å². The van der Waals surface area contributed by atoms with Crippen molar-refractivity contribution in [3.05, 3.63) is 0 Å². The number of aliphatic carboxylic acids is 1. The summed E-state index contributed by atoms with van der Waals surface area (Å²) in [5, 5.41) is 9.09. The van der Waals surface area contributed by atoms with Gasteiger partial charge < -0.3 is 5.11 Å². The summed E-state index contributed by atoms with van der Waals surface area (Å²) in [6.45, 7) is 2.31. The third kappa shape index (κ3) is 1.94. The molecule has 0 aromatic heterocycles. The molecule has 0 radical (unpaired) electrons. The molecule has 2 fully saturated rings. The van der Waals surface area contributed by atoms with Crippen molar-refractivity contribution in [2.24, 2.45) is 17.3 Å². The smallest absolute Gasteiger partial charge is 0.309 e. The summed E-state index contributed by atoms with van der Waals surface area (Å²) in [6.07, 6.45) is 7.94. The molecule has 0 aromatic rings. The van der Waals surface area contributed by atoms with E-state index in [1.165, 1.54) is 25.7 Å². The predicted octanol–water partition coefficient (Wildman–Crippen LogP) is 3.07. The van der Waals surface area contributed by atoms with Gasteiger partial charge in [0.05, 0.1) is 5.41 Å². The van der Waals surface area contributed by atoms with Crippen molar-refractivity contribution in [3.63, 3.8) is 0 Å². The molecule has 0 aromatic carbocycles. The minimum atomic E-state index is -0.545. The van der Waals surface area contributed by atoms with Crippen LogP contribution < -0.4 is 0 Å². The van der Waals surface area contributed by atoms with Gasteiger partial charge >= 0.3 is 5.97 Å². The fourth-order valence-corrected chi connectivity index (χ4v) is 2.74. The number of hydrogen-bond acceptors (Lipinski definition) is 1. The quantitative estimate of drug-likeness (QED) is 0.753. The van der Waals surface area contributed by atoms with Gasteiger partial charge in [-0.3, -0.25) is 4.79 Å². The first kappa shape index (κ1) is 10.0. The van der Waals surface area contributed by atoms with Crippen molar-refractivity contribution >= 4 is 5.97 Å². The Bertz CT molecular complexity index is 222. The van der Waals surface area contributed by atoms with Crippen LogP contribution in [0.25, 0.3) is 0 Å². The molecule has 0 aliphatic heterocycles. The van der Waals surface area contributed by atoms with Crippen molar-refractivity contribution in [2.45, 2.75) is 51.9 Å². The number of carboxylic acid groups (broad SMARTS) is 1. The van der Waals surface area contributed by atoms with Gasteiger partial charge in [-0.15, -0.1) is 0 Å². The molecular weight excluding hydrogens is 176 g/mol. The molecule has 0 amide bonds. The molecule has 2 nitrogen and oxygen atoms in total. The Hall–Kier alpha value is -0.530. The van der Waals surface area contributed by atoms with Gasteiger partial charge in [0.15, 0.2) is 0 Å². The van der Waals surface area contributed by atoms with E-state index in [0.29, 0.717) is 5.92 Å². The van der Waals surface area contributed by atoms with E-state index >= 15 is 0 Å². The maximum Gasteiger partial charge on any atom is 0.309 e. The Kier molecular flexibility index (Phi) is 2.54. The summed E-state index contributed by atoms with van der Waals surface area (Å²) in [5.74, 6) is 1.02. The van der Waals surface area contributed by atoms with Crippen LogP contribution in [0.2, 0.25) is 0 Å². The summed E-state index contributed by atoms with van der Waals surface area (Å²) in [7, 11) is 0. The fraction of sp³-hybridized carbons (Fsp3) is 0.917. The first-order valence-corrected chi connectivity index (χ1v) is 5.86. The van der Waals surface area contributed by atoms with Crippen LogP contribution in [0.1, 0.15) is 51.9 Å². The van der Waals surface area contributed by atoms with Crippen LogP contribution in [-0.2, 0) is 4.79 Å². The van der Waals surface area contributed by atoms with Gasteiger partial charge in [-0.05, 0) is 31.1 Å². The lowest BCUT2D eigenvalue weighted by molar-refractivity contribution is -0.144. The lowest BCUT2D eigenvalue weighted by Gasteiger charge is -2.28. The predicted molar refractivity (Wildman–Crippen MR) is 55.0 cm³/mol. The summed E-state index contributed by atoms with van der Waals surface area (Å²) in [5.41, 5.74) is -0.286. The molecule has 80 valence electrons. The lowest BCUT2D eigenvalue weighted by Crippen LogP contribution is -2.22. The standard InChI is InChI=1S/C12H20O2/c1-9-2-4-10(5-3-9)8-12(6-7-12)11(13)14/h9-10H,2-8H2,1H3,(H,13,14). The minimum Gasteiger partial charge on any atom is -0.481 e. The van der Waals surface area contributed by atoms with Gasteiger partial charge in [0.25, 0.3) is 0 Å². The number of rotatable bonds is 3. The zero-order valence-electron chi connectivity index (χ0n) is 8.96. The molecule has 2 aliphatic rings. The normalized spacial score (nSPS) is 35.2. The molecule has 0 unspecified atom stereocenters. The molecular formula is C12H20O2. The van der Waals surface area contributed by atoms with Gasteiger partial charge in [0.2, 0.25) is 0 Å². The number of carboxylic acids is 1. The van der Waals surface area contributed by atoms with Crippen LogP contribution in [0, 0.1) is 17.3 Å². The first-order chi connectivity index (χ1) is 6.62. The van der Waals surface area contributed by atoms with Crippen molar-refractivity contribution in [1.82, 2.24) is 0 Å². The third-order valence-electron chi connectivity index (χ3n) is 4.12. The van der Waals surface area contributed by atoms with E-state index in [9.17, 15) is 4.79 Å². The third-order valence-corrected chi connectivity index (χ3v) is 4.12. The molecule has 2 aliphatic carbocycles. The molecule has 0 bridgehead atoms. The van der Waals surface area contributed by atoms with E-state index in [2.05, 4.69) is 6.92 Å². The Morgan fingerprint density at radius 1 is 1.29 bits per heavy atom. The van der Waals surface area contributed by atoms with Crippen LogP contribution in [0.3, 0.4) is 0 Å². The Balaban J connectivity index is 1.83. The van der Waals surface area contributed by atoms with E-state index in [-0.39, 0.29) is 5.41 Å². The fourth-order valence-electron chi connectivity index (χ4n) is 2.74. The highest BCUT2D eigenvalue weighted by Crippen LogP contribution is 2.52. The second-order valence-corrected chi connectivity index (χ2v) is 5.42. The summed E-state index contributed by atoms with van der Waals surface area (Å²) >= 11 is 0. The average Bonchev–Trinajstić information content (AvgIpc) is 2.90. The van der Waals surface area contributed by atoms with Crippen LogP contribution in [0.15, 0.2) is 0 Å². The van der Waals surface area contributed by atoms with E-state index in [0.717, 1.165) is 25.2 Å². The molecule has 2 heteroatoms. The molecule has 2 rings (SSSR count). The molecule has 14 heavy (non-hydrogen) atoms. The van der Waals surface area contributed by atoms with Gasteiger partial charge in [0, 0.05) is 0 Å². The second kappa shape index (κ2) is 3.56. The molecule has 2 saturated carbocycles. The van der Waals surface area contributed by atoms with E-state index in [4.69, 9.17) is 5.11 Å². The van der Waals surface area contributed by atoms with Gasteiger partial charge in [-0.1, -0.05) is 32.6 Å². The lowest BCUT2D eigenvalue weighted by atomic mass is 9.78. The monoisotopic (exact) mass is 196 g/mol. The summed E-state index contributed by atoms with van der Waals surface area (Å²) < 4.78 is 0. The zero-order valence-corrected chi connectivity index (χ0v) is 8.96. The molecule has 0 saturated heterocycles. The highest BCUT2D eigenvalue weighted by atomic mass is 16.4. The molecule has 0 heterocycles. The highest BCUT2D eigenvalue weighted by Gasteiger charge is 2.51. The molecule has 0 spiro atoms. The molecule has 0 atom stereocenters. The number of carbonyl (C=O) groups is 1. The largest absolute Gasteiger partial charge is 0.481 e. The summed E-state index contributed by atoms with van der Waals surface area (Å²) in [6, 6.07) is 0. The minimum absolute atomic E-state index is 0.286. The van der Waals surface area contributed by atoms with E-state index < -0.39 is 5.97 Å². The van der Waals surface area contributed by atoms with Gasteiger partial charge in [-0.2, -0.15) is 0 Å². The maximum atomic E-state index is 11.0. The average molecular weight is 196 g/mol.